The largest absolute Gasteiger partial charge is 0.453 e. The van der Waals surface area contributed by atoms with Crippen molar-refractivity contribution in [1.82, 2.24) is 0 Å². The Hall–Kier alpha value is -2.17. The summed E-state index contributed by atoms with van der Waals surface area (Å²) >= 11 is 0. The number of benzene rings is 1. The maximum Gasteiger partial charge on any atom is 0.306 e. The van der Waals surface area contributed by atoms with Gasteiger partial charge in [0.15, 0.2) is 11.9 Å². The molecule has 1 aliphatic carbocycles. The number of anilines is 1. The molecule has 0 bridgehead atoms. The number of ketones is 1. The third kappa shape index (κ3) is 5.48. The summed E-state index contributed by atoms with van der Waals surface area (Å²) in [7, 11) is 0. The number of carbonyl (C=O) groups excluding carboxylic acids is 3. The van der Waals surface area contributed by atoms with Gasteiger partial charge in [-0.1, -0.05) is 37.8 Å². The zero-order valence-corrected chi connectivity index (χ0v) is 14.3. The maximum absolute atomic E-state index is 12.1. The third-order valence-electron chi connectivity index (χ3n) is 4.45. The number of Topliss-reactive ketones (excluding diaryl/α,β-unsaturated/α-hetero) is 1. The molecule has 1 amide bonds. The molecule has 0 heterocycles. The molecule has 2 rings (SSSR count). The zero-order valence-electron chi connectivity index (χ0n) is 14.3. The van der Waals surface area contributed by atoms with E-state index in [0.29, 0.717) is 23.6 Å². The number of carbonyl (C=O) groups is 3. The van der Waals surface area contributed by atoms with Crippen LogP contribution in [0.2, 0.25) is 0 Å². The lowest BCUT2D eigenvalue weighted by Gasteiger charge is -2.15. The smallest absolute Gasteiger partial charge is 0.306 e. The fraction of sp³-hybridized carbons (Fsp3) is 0.526. The van der Waals surface area contributed by atoms with E-state index >= 15 is 0 Å². The summed E-state index contributed by atoms with van der Waals surface area (Å²) in [6.45, 7) is 3.02. The second kappa shape index (κ2) is 8.62. The van der Waals surface area contributed by atoms with Crippen molar-refractivity contribution in [2.75, 3.05) is 5.32 Å². The number of rotatable bonds is 7. The van der Waals surface area contributed by atoms with Gasteiger partial charge in [0.2, 0.25) is 0 Å². The number of nitrogens with one attached hydrogen (secondary N) is 1. The summed E-state index contributed by atoms with van der Waals surface area (Å²) in [6, 6.07) is 6.68. The maximum atomic E-state index is 12.1. The SMILES string of the molecule is CC(=O)c1cccc(NC(=O)[C@H](C)OC(=O)CCC2CCCC2)c1. The van der Waals surface area contributed by atoms with Crippen LogP contribution in [0.1, 0.15) is 62.7 Å². The van der Waals surface area contributed by atoms with Crippen molar-refractivity contribution in [1.29, 1.82) is 0 Å². The van der Waals surface area contributed by atoms with E-state index in [1.54, 1.807) is 31.2 Å². The highest BCUT2D eigenvalue weighted by Gasteiger charge is 2.20. The van der Waals surface area contributed by atoms with Gasteiger partial charge in [-0.2, -0.15) is 0 Å². The molecule has 0 saturated heterocycles. The van der Waals surface area contributed by atoms with Crippen LogP contribution in [0.25, 0.3) is 0 Å². The predicted octanol–water partition coefficient (Wildman–Crippen LogP) is 3.73. The van der Waals surface area contributed by atoms with E-state index in [1.807, 2.05) is 0 Å². The van der Waals surface area contributed by atoms with Gasteiger partial charge in [0.25, 0.3) is 5.91 Å². The second-order valence-electron chi connectivity index (χ2n) is 6.45. The van der Waals surface area contributed by atoms with Crippen LogP contribution in [-0.2, 0) is 14.3 Å². The molecule has 0 aromatic heterocycles. The monoisotopic (exact) mass is 331 g/mol. The van der Waals surface area contributed by atoms with Crippen LogP contribution in [0.15, 0.2) is 24.3 Å². The lowest BCUT2D eigenvalue weighted by Crippen LogP contribution is -2.30. The summed E-state index contributed by atoms with van der Waals surface area (Å²) in [6.07, 6.45) is 5.22. The van der Waals surface area contributed by atoms with Crippen molar-refractivity contribution < 1.29 is 19.1 Å². The Labute approximate surface area is 142 Å². The van der Waals surface area contributed by atoms with Gasteiger partial charge in [-0.25, -0.2) is 0 Å². The molecule has 1 fully saturated rings. The number of hydrogen-bond acceptors (Lipinski definition) is 4. The Morgan fingerprint density at radius 2 is 1.96 bits per heavy atom. The van der Waals surface area contributed by atoms with E-state index < -0.39 is 12.0 Å². The molecule has 1 aliphatic rings. The fourth-order valence-electron chi connectivity index (χ4n) is 2.99. The van der Waals surface area contributed by atoms with Crippen LogP contribution >= 0.6 is 0 Å². The molecular formula is C19H25NO4. The molecule has 5 nitrogen and oxygen atoms in total. The Balaban J connectivity index is 1.79. The number of esters is 1. The highest BCUT2D eigenvalue weighted by Crippen LogP contribution is 2.28. The summed E-state index contributed by atoms with van der Waals surface area (Å²) < 4.78 is 5.20. The highest BCUT2D eigenvalue weighted by atomic mass is 16.5. The van der Waals surface area contributed by atoms with Crippen molar-refractivity contribution >= 4 is 23.3 Å². The predicted molar refractivity (Wildman–Crippen MR) is 91.8 cm³/mol. The average molecular weight is 331 g/mol. The van der Waals surface area contributed by atoms with E-state index in [1.165, 1.54) is 32.6 Å². The van der Waals surface area contributed by atoms with Gasteiger partial charge >= 0.3 is 5.97 Å². The summed E-state index contributed by atoms with van der Waals surface area (Å²) in [5, 5.41) is 2.67. The quantitative estimate of drug-likeness (QED) is 0.610. The van der Waals surface area contributed by atoms with Crippen molar-refractivity contribution in [3.63, 3.8) is 0 Å². The van der Waals surface area contributed by atoms with E-state index in [9.17, 15) is 14.4 Å². The molecule has 0 radical (unpaired) electrons. The normalized spacial score (nSPS) is 15.8. The molecule has 1 N–H and O–H groups in total. The van der Waals surface area contributed by atoms with Gasteiger partial charge < -0.3 is 10.1 Å². The molecule has 0 spiro atoms. The van der Waals surface area contributed by atoms with Crippen LogP contribution in [-0.4, -0.2) is 23.8 Å². The average Bonchev–Trinajstić information content (AvgIpc) is 3.06. The first-order valence-electron chi connectivity index (χ1n) is 8.57. The van der Waals surface area contributed by atoms with Crippen molar-refractivity contribution in [3.8, 4) is 0 Å². The van der Waals surface area contributed by atoms with Gasteiger partial charge in [0, 0.05) is 17.7 Å². The lowest BCUT2D eigenvalue weighted by atomic mass is 10.0. The van der Waals surface area contributed by atoms with Crippen molar-refractivity contribution in [2.24, 2.45) is 5.92 Å². The van der Waals surface area contributed by atoms with Crippen LogP contribution in [0, 0.1) is 5.92 Å². The van der Waals surface area contributed by atoms with Gasteiger partial charge in [0.05, 0.1) is 0 Å². The second-order valence-corrected chi connectivity index (χ2v) is 6.45. The summed E-state index contributed by atoms with van der Waals surface area (Å²) in [4.78, 5) is 35.3. The van der Waals surface area contributed by atoms with E-state index in [2.05, 4.69) is 5.32 Å². The Kier molecular flexibility index (Phi) is 6.53. The van der Waals surface area contributed by atoms with E-state index in [-0.39, 0.29) is 11.8 Å². The van der Waals surface area contributed by atoms with Crippen molar-refractivity contribution in [3.05, 3.63) is 29.8 Å². The van der Waals surface area contributed by atoms with Crippen LogP contribution < -0.4 is 5.32 Å². The van der Waals surface area contributed by atoms with Crippen LogP contribution in [0.5, 0.6) is 0 Å². The van der Waals surface area contributed by atoms with Crippen LogP contribution in [0.4, 0.5) is 5.69 Å². The molecule has 130 valence electrons. The lowest BCUT2D eigenvalue weighted by molar-refractivity contribution is -0.153. The zero-order chi connectivity index (χ0) is 17.5. The first-order valence-corrected chi connectivity index (χ1v) is 8.57. The Bertz CT molecular complexity index is 605. The van der Waals surface area contributed by atoms with Crippen LogP contribution in [0.3, 0.4) is 0 Å². The molecule has 1 aromatic rings. The minimum atomic E-state index is -0.859. The number of ether oxygens (including phenoxy) is 1. The van der Waals surface area contributed by atoms with Gasteiger partial charge in [0.1, 0.15) is 0 Å². The van der Waals surface area contributed by atoms with Gasteiger partial charge in [-0.15, -0.1) is 0 Å². The van der Waals surface area contributed by atoms with Gasteiger partial charge in [-0.05, 0) is 38.3 Å². The third-order valence-corrected chi connectivity index (χ3v) is 4.45. The molecule has 24 heavy (non-hydrogen) atoms. The standard InChI is InChI=1S/C19H25NO4/c1-13(21)16-8-5-9-17(12-16)20-19(23)14(2)24-18(22)11-10-15-6-3-4-7-15/h5,8-9,12,14-15H,3-4,6-7,10-11H2,1-2H3,(H,20,23)/t14-/m0/s1. The molecule has 5 heteroatoms. The molecular weight excluding hydrogens is 306 g/mol. The minimum Gasteiger partial charge on any atom is -0.453 e. The molecule has 1 aromatic carbocycles. The van der Waals surface area contributed by atoms with Crippen molar-refractivity contribution in [2.45, 2.75) is 58.5 Å². The first-order chi connectivity index (χ1) is 11.5. The van der Waals surface area contributed by atoms with E-state index in [4.69, 9.17) is 4.74 Å². The summed E-state index contributed by atoms with van der Waals surface area (Å²) in [5.74, 6) is -0.180. The number of hydrogen-bond donors (Lipinski definition) is 1. The Morgan fingerprint density at radius 3 is 2.62 bits per heavy atom. The number of amides is 1. The molecule has 0 aliphatic heterocycles. The highest BCUT2D eigenvalue weighted by molar-refractivity contribution is 5.98. The molecule has 1 saturated carbocycles. The van der Waals surface area contributed by atoms with E-state index in [0.717, 1.165) is 6.42 Å². The fourth-order valence-corrected chi connectivity index (χ4v) is 2.99. The first kappa shape index (κ1) is 18.2. The topological polar surface area (TPSA) is 72.5 Å². The van der Waals surface area contributed by atoms with Gasteiger partial charge in [-0.3, -0.25) is 14.4 Å². The molecule has 1 atom stereocenters. The minimum absolute atomic E-state index is 0.0718. The Morgan fingerprint density at radius 1 is 1.25 bits per heavy atom. The summed E-state index contributed by atoms with van der Waals surface area (Å²) in [5.41, 5.74) is 1.04. The molecule has 0 unspecified atom stereocenters.